The van der Waals surface area contributed by atoms with E-state index in [1.165, 1.54) is 6.42 Å². The minimum Gasteiger partial charge on any atom is -0.337 e. The van der Waals surface area contributed by atoms with E-state index in [1.54, 1.807) is 0 Å². The number of carbonyl (C=O) groups is 1. The fourth-order valence-corrected chi connectivity index (χ4v) is 2.76. The van der Waals surface area contributed by atoms with Crippen molar-refractivity contribution in [3.05, 3.63) is 34.3 Å². The quantitative estimate of drug-likeness (QED) is 0.838. The first kappa shape index (κ1) is 13.6. The van der Waals surface area contributed by atoms with Crippen molar-refractivity contribution in [2.24, 2.45) is 0 Å². The van der Waals surface area contributed by atoms with Crippen molar-refractivity contribution in [2.75, 3.05) is 27.2 Å². The molecular weight excluding hydrogens is 292 g/mol. The summed E-state index contributed by atoms with van der Waals surface area (Å²) in [7, 11) is 4.16. The molecule has 1 saturated heterocycles. The SMILES string of the molecule is CN(C)C1CCCN(C(=O)c2cccc(Br)c2)C1. The molecule has 0 bridgehead atoms. The lowest BCUT2D eigenvalue weighted by Gasteiger charge is -2.36. The van der Waals surface area contributed by atoms with E-state index in [9.17, 15) is 4.79 Å². The van der Waals surface area contributed by atoms with E-state index in [0.29, 0.717) is 6.04 Å². The Balaban J connectivity index is 2.09. The van der Waals surface area contributed by atoms with Crippen LogP contribution in [0.5, 0.6) is 0 Å². The molecule has 0 radical (unpaired) electrons. The van der Waals surface area contributed by atoms with Crippen molar-refractivity contribution in [3.63, 3.8) is 0 Å². The van der Waals surface area contributed by atoms with Gasteiger partial charge in [0.25, 0.3) is 5.91 Å². The highest BCUT2D eigenvalue weighted by molar-refractivity contribution is 9.10. The molecule has 1 amide bonds. The van der Waals surface area contributed by atoms with Gasteiger partial charge in [0.05, 0.1) is 0 Å². The average molecular weight is 311 g/mol. The van der Waals surface area contributed by atoms with Crippen molar-refractivity contribution in [1.82, 2.24) is 9.80 Å². The van der Waals surface area contributed by atoms with Gasteiger partial charge >= 0.3 is 0 Å². The third-order valence-corrected chi connectivity index (χ3v) is 3.98. The normalized spacial score (nSPS) is 20.2. The topological polar surface area (TPSA) is 23.6 Å². The van der Waals surface area contributed by atoms with Gasteiger partial charge in [-0.1, -0.05) is 22.0 Å². The lowest BCUT2D eigenvalue weighted by Crippen LogP contribution is -2.47. The second kappa shape index (κ2) is 5.85. The number of halogens is 1. The lowest BCUT2D eigenvalue weighted by atomic mass is 10.0. The van der Waals surface area contributed by atoms with Crippen LogP contribution in [0.1, 0.15) is 23.2 Å². The van der Waals surface area contributed by atoms with E-state index in [4.69, 9.17) is 0 Å². The van der Waals surface area contributed by atoms with Crippen LogP contribution in [0.3, 0.4) is 0 Å². The lowest BCUT2D eigenvalue weighted by molar-refractivity contribution is 0.0635. The van der Waals surface area contributed by atoms with E-state index in [-0.39, 0.29) is 5.91 Å². The summed E-state index contributed by atoms with van der Waals surface area (Å²) in [6, 6.07) is 8.10. The second-order valence-corrected chi connectivity index (χ2v) is 5.94. The van der Waals surface area contributed by atoms with Gasteiger partial charge in [-0.05, 0) is 45.1 Å². The number of carbonyl (C=O) groups excluding carboxylic acids is 1. The van der Waals surface area contributed by atoms with Gasteiger partial charge in [0.15, 0.2) is 0 Å². The first-order chi connectivity index (χ1) is 8.58. The van der Waals surface area contributed by atoms with Crippen molar-refractivity contribution in [2.45, 2.75) is 18.9 Å². The van der Waals surface area contributed by atoms with Gasteiger partial charge in [0, 0.05) is 29.2 Å². The molecule has 0 saturated carbocycles. The third-order valence-electron chi connectivity index (χ3n) is 3.49. The maximum atomic E-state index is 12.4. The summed E-state index contributed by atoms with van der Waals surface area (Å²) in [5.74, 6) is 0.142. The Kier molecular flexibility index (Phi) is 4.40. The zero-order chi connectivity index (χ0) is 13.1. The molecule has 1 aliphatic rings. The monoisotopic (exact) mass is 310 g/mol. The minimum absolute atomic E-state index is 0.142. The zero-order valence-electron chi connectivity index (χ0n) is 10.9. The molecule has 4 heteroatoms. The number of likely N-dealkylation sites (N-methyl/N-ethyl adjacent to an activating group) is 1. The Hall–Kier alpha value is -0.870. The van der Waals surface area contributed by atoms with E-state index in [0.717, 1.165) is 29.5 Å². The van der Waals surface area contributed by atoms with Crippen LogP contribution in [-0.2, 0) is 0 Å². The first-order valence-corrected chi connectivity index (χ1v) is 7.08. The predicted octanol–water partition coefficient (Wildman–Crippen LogP) is 2.62. The van der Waals surface area contributed by atoms with E-state index in [2.05, 4.69) is 34.9 Å². The maximum Gasteiger partial charge on any atom is 0.253 e. The predicted molar refractivity (Wildman–Crippen MR) is 76.8 cm³/mol. The Bertz CT molecular complexity index is 434. The summed E-state index contributed by atoms with van der Waals surface area (Å²) in [6.45, 7) is 1.70. The highest BCUT2D eigenvalue weighted by atomic mass is 79.9. The summed E-state index contributed by atoms with van der Waals surface area (Å²) in [4.78, 5) is 16.6. The second-order valence-electron chi connectivity index (χ2n) is 5.02. The molecule has 0 aliphatic carbocycles. The van der Waals surface area contributed by atoms with Gasteiger partial charge in [-0.2, -0.15) is 0 Å². The van der Waals surface area contributed by atoms with Gasteiger partial charge in [-0.25, -0.2) is 0 Å². The van der Waals surface area contributed by atoms with Crippen LogP contribution in [-0.4, -0.2) is 48.9 Å². The van der Waals surface area contributed by atoms with Crippen LogP contribution in [0.25, 0.3) is 0 Å². The number of amides is 1. The molecule has 3 nitrogen and oxygen atoms in total. The Morgan fingerprint density at radius 3 is 2.89 bits per heavy atom. The molecule has 1 aromatic carbocycles. The summed E-state index contributed by atoms with van der Waals surface area (Å²) >= 11 is 3.41. The molecule has 18 heavy (non-hydrogen) atoms. The molecule has 2 rings (SSSR count). The first-order valence-electron chi connectivity index (χ1n) is 6.29. The van der Waals surface area contributed by atoms with Crippen LogP contribution in [0, 0.1) is 0 Å². The van der Waals surface area contributed by atoms with Crippen molar-refractivity contribution in [1.29, 1.82) is 0 Å². The molecule has 98 valence electrons. The highest BCUT2D eigenvalue weighted by Gasteiger charge is 2.25. The van der Waals surface area contributed by atoms with Crippen LogP contribution in [0.2, 0.25) is 0 Å². The largest absolute Gasteiger partial charge is 0.337 e. The summed E-state index contributed by atoms with van der Waals surface area (Å²) in [5, 5.41) is 0. The van der Waals surface area contributed by atoms with Crippen LogP contribution in [0.4, 0.5) is 0 Å². The highest BCUT2D eigenvalue weighted by Crippen LogP contribution is 2.18. The number of likely N-dealkylation sites (tertiary alicyclic amines) is 1. The van der Waals surface area contributed by atoms with Crippen LogP contribution >= 0.6 is 15.9 Å². The zero-order valence-corrected chi connectivity index (χ0v) is 12.5. The van der Waals surface area contributed by atoms with Gasteiger partial charge in [0.2, 0.25) is 0 Å². The average Bonchev–Trinajstić information content (AvgIpc) is 2.38. The minimum atomic E-state index is 0.142. The third kappa shape index (κ3) is 3.12. The summed E-state index contributed by atoms with van der Waals surface area (Å²) < 4.78 is 0.953. The van der Waals surface area contributed by atoms with Gasteiger partial charge < -0.3 is 9.80 Å². The van der Waals surface area contributed by atoms with E-state index in [1.807, 2.05) is 29.2 Å². The number of rotatable bonds is 2. The Morgan fingerprint density at radius 1 is 1.44 bits per heavy atom. The molecule has 1 aromatic rings. The number of hydrogen-bond acceptors (Lipinski definition) is 2. The van der Waals surface area contributed by atoms with Crippen molar-refractivity contribution < 1.29 is 4.79 Å². The smallest absolute Gasteiger partial charge is 0.253 e. The number of benzene rings is 1. The number of nitrogens with zero attached hydrogens (tertiary/aromatic N) is 2. The fourth-order valence-electron chi connectivity index (χ4n) is 2.36. The molecule has 1 unspecified atom stereocenters. The molecule has 1 fully saturated rings. The number of piperidine rings is 1. The van der Waals surface area contributed by atoms with Crippen LogP contribution in [0.15, 0.2) is 28.7 Å². The Labute approximate surface area is 117 Å². The van der Waals surface area contributed by atoms with Gasteiger partial charge in [0.1, 0.15) is 0 Å². The molecule has 1 aliphatic heterocycles. The van der Waals surface area contributed by atoms with E-state index >= 15 is 0 Å². The molecule has 0 aromatic heterocycles. The van der Waals surface area contributed by atoms with Crippen LogP contribution < -0.4 is 0 Å². The van der Waals surface area contributed by atoms with Gasteiger partial charge in [-0.15, -0.1) is 0 Å². The van der Waals surface area contributed by atoms with Crippen molar-refractivity contribution in [3.8, 4) is 0 Å². The summed E-state index contributed by atoms with van der Waals surface area (Å²) in [6.07, 6.45) is 2.26. The maximum absolute atomic E-state index is 12.4. The molecule has 0 spiro atoms. The standard InChI is InChI=1S/C14H19BrN2O/c1-16(2)13-7-4-8-17(10-13)14(18)11-5-3-6-12(15)9-11/h3,5-6,9,13H,4,7-8,10H2,1-2H3. The molecular formula is C14H19BrN2O. The summed E-state index contributed by atoms with van der Waals surface area (Å²) in [5.41, 5.74) is 0.767. The Morgan fingerprint density at radius 2 is 2.22 bits per heavy atom. The fraction of sp³-hybridized carbons (Fsp3) is 0.500. The number of hydrogen-bond donors (Lipinski definition) is 0. The van der Waals surface area contributed by atoms with Gasteiger partial charge in [-0.3, -0.25) is 4.79 Å². The van der Waals surface area contributed by atoms with Crippen molar-refractivity contribution >= 4 is 21.8 Å². The molecule has 1 atom stereocenters. The molecule has 0 N–H and O–H groups in total. The van der Waals surface area contributed by atoms with E-state index < -0.39 is 0 Å². The molecule has 1 heterocycles.